The van der Waals surface area contributed by atoms with Gasteiger partial charge in [-0.3, -0.25) is 4.79 Å². The smallest absolute Gasteiger partial charge is 0.265 e. The molecule has 0 radical (unpaired) electrons. The van der Waals surface area contributed by atoms with Gasteiger partial charge in [0.15, 0.2) is 0 Å². The first-order chi connectivity index (χ1) is 10.9. The molecule has 1 N–H and O–H groups in total. The van der Waals surface area contributed by atoms with Crippen LogP contribution in [0.25, 0.3) is 11.0 Å². The Morgan fingerprint density at radius 1 is 1.30 bits per heavy atom. The van der Waals surface area contributed by atoms with Gasteiger partial charge in [0.05, 0.1) is 11.7 Å². The van der Waals surface area contributed by atoms with Gasteiger partial charge in [-0.15, -0.1) is 5.10 Å². The first-order valence-electron chi connectivity index (χ1n) is 7.48. The summed E-state index contributed by atoms with van der Waals surface area (Å²) >= 11 is 1.12. The van der Waals surface area contributed by atoms with Crippen LogP contribution in [0, 0.1) is 0 Å². The number of nitrogens with zero attached hydrogens (tertiary/aromatic N) is 2. The van der Waals surface area contributed by atoms with E-state index in [2.05, 4.69) is 14.9 Å². The Morgan fingerprint density at radius 3 is 2.74 bits per heavy atom. The summed E-state index contributed by atoms with van der Waals surface area (Å²) in [6.45, 7) is 7.95. The van der Waals surface area contributed by atoms with Crippen molar-refractivity contribution in [2.24, 2.45) is 0 Å². The zero-order valence-electron chi connectivity index (χ0n) is 13.6. The molecule has 5 nitrogen and oxygen atoms in total. The maximum absolute atomic E-state index is 12.5. The van der Waals surface area contributed by atoms with Crippen LogP contribution in [0.15, 0.2) is 34.7 Å². The van der Waals surface area contributed by atoms with Crippen LogP contribution in [0.3, 0.4) is 0 Å². The number of carbonyl (C=O) groups excluding carboxylic acids is 1. The van der Waals surface area contributed by atoms with Crippen molar-refractivity contribution in [2.75, 3.05) is 0 Å². The largest absolute Gasteiger partial charge is 0.459 e. The van der Waals surface area contributed by atoms with E-state index in [1.807, 2.05) is 58.0 Å². The Labute approximate surface area is 138 Å². The number of benzene rings is 1. The van der Waals surface area contributed by atoms with Gasteiger partial charge in [0.25, 0.3) is 5.91 Å². The molecule has 0 saturated carbocycles. The highest BCUT2D eigenvalue weighted by atomic mass is 32.1. The SMILES string of the molecule is C[C@H](NC(=O)c1snnc1C(C)(C)C)c1cc2ccccc2o1. The van der Waals surface area contributed by atoms with Gasteiger partial charge in [0, 0.05) is 10.8 Å². The number of nitrogens with one attached hydrogen (secondary N) is 1. The molecule has 1 aromatic carbocycles. The van der Waals surface area contributed by atoms with E-state index >= 15 is 0 Å². The number of amides is 1. The minimum absolute atomic E-state index is 0.169. The van der Waals surface area contributed by atoms with E-state index in [9.17, 15) is 4.79 Å². The maximum Gasteiger partial charge on any atom is 0.265 e. The van der Waals surface area contributed by atoms with E-state index in [0.29, 0.717) is 4.88 Å². The molecule has 3 rings (SSSR count). The van der Waals surface area contributed by atoms with Crippen molar-refractivity contribution in [3.8, 4) is 0 Å². The van der Waals surface area contributed by atoms with Crippen LogP contribution in [-0.4, -0.2) is 15.5 Å². The van der Waals surface area contributed by atoms with Gasteiger partial charge in [0.2, 0.25) is 0 Å². The fourth-order valence-electron chi connectivity index (χ4n) is 2.38. The molecule has 23 heavy (non-hydrogen) atoms. The van der Waals surface area contributed by atoms with Gasteiger partial charge in [-0.1, -0.05) is 43.5 Å². The monoisotopic (exact) mass is 329 g/mol. The maximum atomic E-state index is 12.5. The highest BCUT2D eigenvalue weighted by Crippen LogP contribution is 2.27. The van der Waals surface area contributed by atoms with Gasteiger partial charge in [0.1, 0.15) is 16.2 Å². The van der Waals surface area contributed by atoms with Crippen molar-refractivity contribution >= 4 is 28.4 Å². The molecular formula is C17H19N3O2S. The van der Waals surface area contributed by atoms with Gasteiger partial charge < -0.3 is 9.73 Å². The molecule has 2 aromatic heterocycles. The summed E-state index contributed by atoms with van der Waals surface area (Å²) in [5.74, 6) is 0.562. The molecule has 0 aliphatic rings. The molecule has 3 aromatic rings. The van der Waals surface area contributed by atoms with E-state index in [-0.39, 0.29) is 17.4 Å². The average molecular weight is 329 g/mol. The van der Waals surface area contributed by atoms with Crippen molar-refractivity contribution in [3.05, 3.63) is 46.7 Å². The number of carbonyl (C=O) groups is 1. The molecule has 1 atom stereocenters. The second kappa shape index (κ2) is 5.77. The third-order valence-electron chi connectivity index (χ3n) is 3.62. The van der Waals surface area contributed by atoms with Crippen LogP contribution in [0.5, 0.6) is 0 Å². The van der Waals surface area contributed by atoms with Crippen LogP contribution in [-0.2, 0) is 5.41 Å². The summed E-state index contributed by atoms with van der Waals surface area (Å²) in [7, 11) is 0. The standard InChI is InChI=1S/C17H19N3O2S/c1-10(13-9-11-7-5-6-8-12(11)22-13)18-16(21)14-15(17(2,3)4)19-20-23-14/h5-10H,1-4H3,(H,18,21)/t10-/m0/s1. The second-order valence-corrected chi connectivity index (χ2v) is 7.34. The van der Waals surface area contributed by atoms with E-state index in [4.69, 9.17) is 4.42 Å². The van der Waals surface area contributed by atoms with Crippen LogP contribution >= 0.6 is 11.5 Å². The first kappa shape index (κ1) is 15.7. The molecule has 0 unspecified atom stereocenters. The predicted octanol–water partition coefficient (Wildman–Crippen LogP) is 4.07. The summed E-state index contributed by atoms with van der Waals surface area (Å²) in [6.07, 6.45) is 0. The molecule has 1 amide bonds. The van der Waals surface area contributed by atoms with Gasteiger partial charge in [-0.2, -0.15) is 0 Å². The molecule has 0 spiro atoms. The normalized spacial score (nSPS) is 13.2. The Bertz CT molecular complexity index is 812. The van der Waals surface area contributed by atoms with Crippen molar-refractivity contribution < 1.29 is 9.21 Å². The fourth-order valence-corrected chi connectivity index (χ4v) is 3.16. The molecule has 0 aliphatic carbocycles. The van der Waals surface area contributed by atoms with Gasteiger partial charge in [-0.05, 0) is 30.6 Å². The van der Waals surface area contributed by atoms with E-state index in [1.165, 1.54) is 0 Å². The molecule has 0 fully saturated rings. The predicted molar refractivity (Wildman–Crippen MR) is 90.7 cm³/mol. The van der Waals surface area contributed by atoms with Crippen molar-refractivity contribution in [1.82, 2.24) is 14.9 Å². The lowest BCUT2D eigenvalue weighted by Crippen LogP contribution is -2.28. The molecule has 0 aliphatic heterocycles. The number of aromatic nitrogens is 2. The minimum Gasteiger partial charge on any atom is -0.459 e. The lowest BCUT2D eigenvalue weighted by molar-refractivity contribution is 0.0937. The topological polar surface area (TPSA) is 68.0 Å². The highest BCUT2D eigenvalue weighted by Gasteiger charge is 2.27. The molecule has 0 bridgehead atoms. The van der Waals surface area contributed by atoms with E-state index in [0.717, 1.165) is 34.0 Å². The zero-order chi connectivity index (χ0) is 16.6. The van der Waals surface area contributed by atoms with Crippen molar-refractivity contribution in [2.45, 2.75) is 39.2 Å². The molecule has 0 saturated heterocycles. The number of hydrogen-bond acceptors (Lipinski definition) is 5. The number of hydrogen-bond donors (Lipinski definition) is 1. The minimum atomic E-state index is -0.232. The van der Waals surface area contributed by atoms with Crippen molar-refractivity contribution in [1.29, 1.82) is 0 Å². The molecule has 2 heterocycles. The fraction of sp³-hybridized carbons (Fsp3) is 0.353. The Balaban J connectivity index is 1.81. The van der Waals surface area contributed by atoms with Crippen LogP contribution < -0.4 is 5.32 Å². The Kier molecular flexibility index (Phi) is 3.93. The number of fused-ring (bicyclic) bond motifs is 1. The zero-order valence-corrected chi connectivity index (χ0v) is 14.4. The summed E-state index contributed by atoms with van der Waals surface area (Å²) in [6, 6.07) is 9.52. The third kappa shape index (κ3) is 3.12. The lowest BCUT2D eigenvalue weighted by Gasteiger charge is -2.17. The Hall–Kier alpha value is -2.21. The number of rotatable bonds is 3. The first-order valence-corrected chi connectivity index (χ1v) is 8.26. The van der Waals surface area contributed by atoms with Crippen LogP contribution in [0.1, 0.15) is 54.9 Å². The second-order valence-electron chi connectivity index (χ2n) is 6.58. The summed E-state index contributed by atoms with van der Waals surface area (Å²) in [5.41, 5.74) is 1.32. The van der Waals surface area contributed by atoms with Gasteiger partial charge >= 0.3 is 0 Å². The lowest BCUT2D eigenvalue weighted by atomic mass is 9.91. The third-order valence-corrected chi connectivity index (χ3v) is 4.35. The Morgan fingerprint density at radius 2 is 2.04 bits per heavy atom. The van der Waals surface area contributed by atoms with E-state index in [1.54, 1.807) is 0 Å². The average Bonchev–Trinajstić information content (AvgIpc) is 3.13. The van der Waals surface area contributed by atoms with Gasteiger partial charge in [-0.25, -0.2) is 0 Å². The molecule has 120 valence electrons. The molecule has 6 heteroatoms. The number of furan rings is 1. The van der Waals surface area contributed by atoms with E-state index < -0.39 is 0 Å². The highest BCUT2D eigenvalue weighted by molar-refractivity contribution is 7.08. The summed E-state index contributed by atoms with van der Waals surface area (Å²) in [5, 5.41) is 8.10. The van der Waals surface area contributed by atoms with Crippen LogP contribution in [0.2, 0.25) is 0 Å². The van der Waals surface area contributed by atoms with Crippen LogP contribution in [0.4, 0.5) is 0 Å². The summed E-state index contributed by atoms with van der Waals surface area (Å²) in [4.78, 5) is 13.1. The quantitative estimate of drug-likeness (QED) is 0.786. The molecular weight excluding hydrogens is 310 g/mol. The number of para-hydroxylation sites is 1. The van der Waals surface area contributed by atoms with Crippen molar-refractivity contribution in [3.63, 3.8) is 0 Å². The summed E-state index contributed by atoms with van der Waals surface area (Å²) < 4.78 is 9.73.